The molecule has 0 spiro atoms. The molecule has 0 aliphatic rings. The third-order valence-electron chi connectivity index (χ3n) is 3.84. The Kier molecular flexibility index (Phi) is 4.77. The van der Waals surface area contributed by atoms with Crippen LogP contribution >= 0.6 is 11.6 Å². The summed E-state index contributed by atoms with van der Waals surface area (Å²) in [5.41, 5.74) is 1.57. The van der Waals surface area contributed by atoms with E-state index in [0.717, 1.165) is 0 Å². The van der Waals surface area contributed by atoms with Crippen LogP contribution < -0.4 is 10.1 Å². The number of halogens is 1. The van der Waals surface area contributed by atoms with Crippen molar-refractivity contribution < 1.29 is 14.5 Å². The van der Waals surface area contributed by atoms with E-state index >= 15 is 0 Å². The summed E-state index contributed by atoms with van der Waals surface area (Å²) in [5.74, 6) is -0.303. The molecule has 0 saturated heterocycles. The predicted octanol–water partition coefficient (Wildman–Crippen LogP) is 3.72. The molecule has 0 unspecified atom stereocenters. The molecule has 2 aromatic heterocycles. The molecule has 0 radical (unpaired) electrons. The fourth-order valence-corrected chi connectivity index (χ4v) is 2.81. The van der Waals surface area contributed by atoms with E-state index in [2.05, 4.69) is 10.3 Å². The second-order valence-corrected chi connectivity index (χ2v) is 5.87. The maximum absolute atomic E-state index is 12.8. The monoisotopic (exact) mass is 374 g/mol. The fraction of sp³-hybridized carbons (Fsp3) is 0.176. The van der Waals surface area contributed by atoms with Gasteiger partial charge in [-0.15, -0.1) is 0 Å². The van der Waals surface area contributed by atoms with Gasteiger partial charge >= 0.3 is 5.69 Å². The van der Waals surface area contributed by atoms with Gasteiger partial charge in [-0.2, -0.15) is 0 Å². The van der Waals surface area contributed by atoms with Gasteiger partial charge in [-0.25, -0.2) is 4.98 Å². The summed E-state index contributed by atoms with van der Waals surface area (Å²) in [4.78, 5) is 27.8. The van der Waals surface area contributed by atoms with Gasteiger partial charge in [-0.05, 0) is 24.6 Å². The summed E-state index contributed by atoms with van der Waals surface area (Å²) in [6, 6.07) is 7.54. The topological polar surface area (TPSA) is 98.8 Å². The third-order valence-corrected chi connectivity index (χ3v) is 4.08. The first-order valence-corrected chi connectivity index (χ1v) is 8.12. The number of carbonyl (C=O) groups is 1. The van der Waals surface area contributed by atoms with Gasteiger partial charge in [0, 0.05) is 29.0 Å². The first-order valence-electron chi connectivity index (χ1n) is 7.74. The van der Waals surface area contributed by atoms with Crippen LogP contribution in [0.1, 0.15) is 23.1 Å². The molecule has 1 N–H and O–H groups in total. The van der Waals surface area contributed by atoms with E-state index in [1.807, 2.05) is 6.92 Å². The van der Waals surface area contributed by atoms with Crippen LogP contribution in [0.2, 0.25) is 5.02 Å². The lowest BCUT2D eigenvalue weighted by Crippen LogP contribution is -2.16. The highest BCUT2D eigenvalue weighted by atomic mass is 35.5. The summed E-state index contributed by atoms with van der Waals surface area (Å²) in [7, 11) is 1.34. The van der Waals surface area contributed by atoms with Crippen molar-refractivity contribution in [2.24, 2.45) is 0 Å². The third kappa shape index (κ3) is 3.18. The molecule has 26 heavy (non-hydrogen) atoms. The number of hydrogen-bond acceptors (Lipinski definition) is 5. The Bertz CT molecular complexity index is 1020. The molecule has 0 fully saturated rings. The second kappa shape index (κ2) is 7.01. The van der Waals surface area contributed by atoms with Crippen molar-refractivity contribution in [3.05, 3.63) is 63.1 Å². The number of aryl methyl sites for hydroxylation is 1. The molecule has 0 saturated carbocycles. The van der Waals surface area contributed by atoms with Crippen molar-refractivity contribution in [1.29, 1.82) is 0 Å². The molecule has 0 bridgehead atoms. The Morgan fingerprint density at radius 3 is 2.81 bits per heavy atom. The first kappa shape index (κ1) is 17.7. The van der Waals surface area contributed by atoms with Crippen LogP contribution in [0.25, 0.3) is 5.65 Å². The van der Waals surface area contributed by atoms with Crippen molar-refractivity contribution in [3.63, 3.8) is 0 Å². The van der Waals surface area contributed by atoms with Gasteiger partial charge in [0.15, 0.2) is 5.75 Å². The van der Waals surface area contributed by atoms with Crippen LogP contribution in [-0.4, -0.2) is 27.3 Å². The minimum absolute atomic E-state index is 0.117. The lowest BCUT2D eigenvalue weighted by molar-refractivity contribution is -0.385. The van der Waals surface area contributed by atoms with Gasteiger partial charge in [-0.1, -0.05) is 18.5 Å². The number of aromatic nitrogens is 2. The maximum Gasteiger partial charge on any atom is 0.312 e. The number of nitro groups is 1. The molecule has 3 aromatic rings. The summed E-state index contributed by atoms with van der Waals surface area (Å²) in [6.45, 7) is 1.89. The highest BCUT2D eigenvalue weighted by Crippen LogP contribution is 2.30. The maximum atomic E-state index is 12.8. The molecule has 2 heterocycles. The summed E-state index contributed by atoms with van der Waals surface area (Å²) in [5, 5.41) is 14.3. The lowest BCUT2D eigenvalue weighted by atomic mass is 10.2. The number of pyridine rings is 1. The van der Waals surface area contributed by atoms with Crippen molar-refractivity contribution in [1.82, 2.24) is 9.38 Å². The number of ether oxygens (including phenoxy) is 1. The lowest BCUT2D eigenvalue weighted by Gasteiger charge is -2.08. The summed E-state index contributed by atoms with van der Waals surface area (Å²) >= 11 is 5.98. The SMILES string of the molecule is CCc1nc2cc(Cl)ccn2c1C(=O)Nc1ccc(OC)c([N+](=O)[O-])c1. The van der Waals surface area contributed by atoms with Gasteiger partial charge in [-0.3, -0.25) is 19.3 Å². The minimum atomic E-state index is -0.567. The highest BCUT2D eigenvalue weighted by molar-refractivity contribution is 6.30. The number of benzene rings is 1. The zero-order valence-corrected chi connectivity index (χ0v) is 14.8. The van der Waals surface area contributed by atoms with Crippen LogP contribution in [0, 0.1) is 10.1 Å². The number of fused-ring (bicyclic) bond motifs is 1. The molecular weight excluding hydrogens is 360 g/mol. The Hall–Kier alpha value is -3.13. The van der Waals surface area contributed by atoms with E-state index in [1.165, 1.54) is 25.3 Å². The van der Waals surface area contributed by atoms with Gasteiger partial charge < -0.3 is 10.1 Å². The average molecular weight is 375 g/mol. The molecular formula is C17H15ClN4O4. The minimum Gasteiger partial charge on any atom is -0.490 e. The number of anilines is 1. The zero-order chi connectivity index (χ0) is 18.8. The van der Waals surface area contributed by atoms with Crippen LogP contribution in [-0.2, 0) is 6.42 Å². The zero-order valence-electron chi connectivity index (χ0n) is 14.0. The molecule has 9 heteroatoms. The molecule has 0 aliphatic carbocycles. The van der Waals surface area contributed by atoms with Gasteiger partial charge in [0.25, 0.3) is 5.91 Å². The Morgan fingerprint density at radius 2 is 2.15 bits per heavy atom. The van der Waals surface area contributed by atoms with E-state index in [1.54, 1.807) is 22.7 Å². The van der Waals surface area contributed by atoms with Crippen molar-refractivity contribution >= 4 is 34.5 Å². The molecule has 0 aliphatic heterocycles. The fourth-order valence-electron chi connectivity index (χ4n) is 2.66. The Labute approximate surface area is 153 Å². The number of imidazole rings is 1. The quantitative estimate of drug-likeness (QED) is 0.542. The number of carbonyl (C=O) groups excluding carboxylic acids is 1. The average Bonchev–Trinajstić information content (AvgIpc) is 2.99. The number of nitrogens with zero attached hydrogens (tertiary/aromatic N) is 3. The molecule has 1 aromatic carbocycles. The van der Waals surface area contributed by atoms with Crippen molar-refractivity contribution in [2.75, 3.05) is 12.4 Å². The van der Waals surface area contributed by atoms with E-state index in [0.29, 0.717) is 28.5 Å². The van der Waals surface area contributed by atoms with E-state index < -0.39 is 10.8 Å². The van der Waals surface area contributed by atoms with E-state index in [9.17, 15) is 14.9 Å². The largest absolute Gasteiger partial charge is 0.490 e. The van der Waals surface area contributed by atoms with Crippen LogP contribution in [0.3, 0.4) is 0 Å². The molecule has 134 valence electrons. The molecule has 8 nitrogen and oxygen atoms in total. The second-order valence-electron chi connectivity index (χ2n) is 5.43. The Morgan fingerprint density at radius 1 is 1.38 bits per heavy atom. The number of nitro benzene ring substituents is 1. The number of nitrogens with one attached hydrogen (secondary N) is 1. The van der Waals surface area contributed by atoms with Crippen LogP contribution in [0.5, 0.6) is 5.75 Å². The summed E-state index contributed by atoms with van der Waals surface area (Å²) in [6.07, 6.45) is 2.21. The van der Waals surface area contributed by atoms with E-state index in [4.69, 9.17) is 16.3 Å². The number of rotatable bonds is 5. The standard InChI is InChI=1S/C17H15ClN4O4/c1-3-12-16(21-7-6-10(18)8-15(21)20-12)17(23)19-11-4-5-14(26-2)13(9-11)22(24)25/h4-9H,3H2,1-2H3,(H,19,23). The van der Waals surface area contributed by atoms with Gasteiger partial charge in [0.1, 0.15) is 11.3 Å². The molecule has 1 amide bonds. The number of methoxy groups -OCH3 is 1. The molecule has 3 rings (SSSR count). The van der Waals surface area contributed by atoms with Crippen LogP contribution in [0.4, 0.5) is 11.4 Å². The van der Waals surface area contributed by atoms with Crippen molar-refractivity contribution in [3.8, 4) is 5.75 Å². The van der Waals surface area contributed by atoms with Crippen molar-refractivity contribution in [2.45, 2.75) is 13.3 Å². The van der Waals surface area contributed by atoms with Gasteiger partial charge in [0.05, 0.1) is 17.7 Å². The predicted molar refractivity (Wildman–Crippen MR) is 97.2 cm³/mol. The van der Waals surface area contributed by atoms with Gasteiger partial charge in [0.2, 0.25) is 0 Å². The highest BCUT2D eigenvalue weighted by Gasteiger charge is 2.21. The summed E-state index contributed by atoms with van der Waals surface area (Å²) < 4.78 is 6.60. The Balaban J connectivity index is 1.99. The van der Waals surface area contributed by atoms with E-state index in [-0.39, 0.29) is 17.1 Å². The number of amides is 1. The molecule has 0 atom stereocenters. The number of hydrogen-bond donors (Lipinski definition) is 1. The normalized spacial score (nSPS) is 10.7. The first-order chi connectivity index (χ1) is 12.4. The smallest absolute Gasteiger partial charge is 0.312 e. The van der Waals surface area contributed by atoms with Crippen LogP contribution in [0.15, 0.2) is 36.5 Å².